The van der Waals surface area contributed by atoms with E-state index in [1.54, 1.807) is 0 Å². The Labute approximate surface area is 78.4 Å². The first-order valence-electron chi connectivity index (χ1n) is 0.309. The molecule has 0 saturated carbocycles. The Hall–Kier alpha value is 2.29. The summed E-state index contributed by atoms with van der Waals surface area (Å²) in [5.74, 6) is 0. The summed E-state index contributed by atoms with van der Waals surface area (Å²) >= 11 is -1.91. The van der Waals surface area contributed by atoms with Crippen LogP contribution in [0.1, 0.15) is 0 Å². The average Bonchev–Trinajstić information content (AvgIpc) is 0.918. The van der Waals surface area contributed by atoms with Crippen LogP contribution < -0.4 is 80.3 Å². The second kappa shape index (κ2) is 8.99. The zero-order valence-electron chi connectivity index (χ0n) is 2.19. The van der Waals surface area contributed by atoms with Gasteiger partial charge in [-0.3, -0.25) is 0 Å². The molecule has 0 aromatic rings. The van der Waals surface area contributed by atoms with E-state index in [-0.39, 0.29) is 51.4 Å². The maximum absolute atomic E-state index is 8.48. The van der Waals surface area contributed by atoms with Gasteiger partial charge in [0, 0.05) is 0 Å². The molecule has 0 unspecified atom stereocenters. The summed E-state index contributed by atoms with van der Waals surface area (Å²) in [6, 6.07) is 0. The summed E-state index contributed by atoms with van der Waals surface area (Å²) in [5, 5.41) is 0. The molecule has 0 amide bonds. The van der Waals surface area contributed by atoms with Crippen LogP contribution in [0.5, 0.6) is 0 Å². The van der Waals surface area contributed by atoms with Crippen molar-refractivity contribution in [1.29, 1.82) is 0 Å². The maximum Gasteiger partial charge on any atom is 1.00 e. The van der Waals surface area contributed by atoms with Crippen molar-refractivity contribution in [1.82, 2.24) is 0 Å². The fourth-order valence-electron chi connectivity index (χ4n) is 0. The molecular formula is IKO2. The molecule has 0 rings (SSSR count). The molecule has 0 aliphatic carbocycles. The summed E-state index contributed by atoms with van der Waals surface area (Å²) in [7, 11) is 0. The van der Waals surface area contributed by atoms with Crippen LogP contribution in [0.25, 0.3) is 0 Å². The van der Waals surface area contributed by atoms with Crippen molar-refractivity contribution < 1.29 is 80.3 Å². The second-order valence-electron chi connectivity index (χ2n) is 0.0630. The van der Waals surface area contributed by atoms with E-state index in [0.717, 1.165) is 0 Å². The second-order valence-corrected chi connectivity index (χ2v) is 0.423. The van der Waals surface area contributed by atoms with Crippen molar-refractivity contribution in [2.45, 2.75) is 0 Å². The first-order valence-corrected chi connectivity index (χ1v) is 2.07. The van der Waals surface area contributed by atoms with Crippen LogP contribution in [-0.4, -0.2) is 0 Å². The normalized spacial score (nSPS) is 4.50. The Morgan fingerprint density at radius 1 is 1.25 bits per heavy atom. The van der Waals surface area contributed by atoms with Crippen LogP contribution >= 0.6 is 0 Å². The third kappa shape index (κ3) is 8.86. The molecule has 0 radical (unpaired) electrons. The van der Waals surface area contributed by atoms with Gasteiger partial charge in [0.05, 0.1) is 0 Å². The smallest absolute Gasteiger partial charge is 0.599 e. The molecule has 0 aliphatic heterocycles. The molecule has 0 aromatic carbocycles. The molecule has 0 heterocycles. The van der Waals surface area contributed by atoms with Gasteiger partial charge in [-0.1, -0.05) is 0 Å². The zero-order chi connectivity index (χ0) is 2.71. The van der Waals surface area contributed by atoms with Crippen molar-refractivity contribution in [2.24, 2.45) is 0 Å². The van der Waals surface area contributed by atoms with E-state index >= 15 is 0 Å². The largest absolute Gasteiger partial charge is 1.00 e. The maximum atomic E-state index is 8.48. The summed E-state index contributed by atoms with van der Waals surface area (Å²) in [5.41, 5.74) is 0. The van der Waals surface area contributed by atoms with Crippen molar-refractivity contribution >= 4 is 0 Å². The van der Waals surface area contributed by atoms with E-state index in [1.807, 2.05) is 0 Å². The van der Waals surface area contributed by atoms with Crippen LogP contribution in [0.2, 0.25) is 0 Å². The molecule has 0 atom stereocenters. The molecule has 4 heavy (non-hydrogen) atoms. The van der Waals surface area contributed by atoms with Crippen molar-refractivity contribution in [2.75, 3.05) is 0 Å². The van der Waals surface area contributed by atoms with E-state index < -0.39 is 22.0 Å². The summed E-state index contributed by atoms with van der Waals surface area (Å²) in [4.78, 5) is 0. The molecular weight excluding hydrogens is 198 g/mol. The Bertz CT molecular complexity index is 6.00. The Morgan fingerprint density at radius 3 is 1.25 bits per heavy atom. The van der Waals surface area contributed by atoms with E-state index in [0.29, 0.717) is 0 Å². The summed E-state index contributed by atoms with van der Waals surface area (Å²) in [6.45, 7) is 0. The van der Waals surface area contributed by atoms with Gasteiger partial charge in [0.2, 0.25) is 0 Å². The first-order chi connectivity index (χ1) is 1.41. The number of halogens is 1. The topological polar surface area (TPSA) is 46.1 Å². The molecule has 0 spiro atoms. The monoisotopic (exact) mass is 198 g/mol. The molecule has 2 nitrogen and oxygen atoms in total. The predicted molar refractivity (Wildman–Crippen MR) is 0 cm³/mol. The van der Waals surface area contributed by atoms with Gasteiger partial charge in [0.1, 0.15) is 0 Å². The third-order valence-corrected chi connectivity index (χ3v) is 0. The fraction of sp³-hybridized carbons (Fsp3) is 0. The van der Waals surface area contributed by atoms with Crippen LogP contribution in [0, 0.1) is 0 Å². The van der Waals surface area contributed by atoms with Gasteiger partial charge in [-0.15, -0.1) is 0 Å². The number of hydrogen-bond acceptors (Lipinski definition) is 2. The Balaban J connectivity index is 0. The van der Waals surface area contributed by atoms with E-state index in [4.69, 9.17) is 6.87 Å². The average molecular weight is 198 g/mol. The third-order valence-electron chi connectivity index (χ3n) is 0. The van der Waals surface area contributed by atoms with Crippen LogP contribution in [0.3, 0.4) is 0 Å². The number of rotatable bonds is 0. The minimum Gasteiger partial charge on any atom is -0.599 e. The van der Waals surface area contributed by atoms with E-state index in [1.165, 1.54) is 0 Å². The Kier molecular flexibility index (Phi) is 21.5. The predicted octanol–water partition coefficient (Wildman–Crippen LogP) is -8.37. The molecule has 0 fully saturated rings. The number of hydrogen-bond donors (Lipinski definition) is 0. The molecule has 0 bridgehead atoms. The van der Waals surface area contributed by atoms with Gasteiger partial charge < -0.3 is 6.87 Å². The summed E-state index contributed by atoms with van der Waals surface area (Å²) in [6.07, 6.45) is 0. The minimum absolute atomic E-state index is 0. The molecule has 0 saturated heterocycles. The SMILES string of the molecule is [K+].[O-][I+][O-]. The molecule has 20 valence electrons. The van der Waals surface area contributed by atoms with E-state index in [9.17, 15) is 0 Å². The molecule has 0 aromatic heterocycles. The van der Waals surface area contributed by atoms with Crippen LogP contribution in [0.4, 0.5) is 0 Å². The van der Waals surface area contributed by atoms with Gasteiger partial charge in [-0.25, -0.2) is 0 Å². The standard InChI is InChI=1S/IO2.K/c2-1-3;/q-1;+1. The molecule has 0 aliphatic rings. The van der Waals surface area contributed by atoms with E-state index in [2.05, 4.69) is 0 Å². The zero-order valence-corrected chi connectivity index (χ0v) is 7.48. The Morgan fingerprint density at radius 2 is 1.25 bits per heavy atom. The minimum atomic E-state index is -1.91. The van der Waals surface area contributed by atoms with Gasteiger partial charge in [0.15, 0.2) is 22.0 Å². The van der Waals surface area contributed by atoms with Crippen molar-refractivity contribution in [3.63, 3.8) is 0 Å². The van der Waals surface area contributed by atoms with Crippen molar-refractivity contribution in [3.05, 3.63) is 0 Å². The molecule has 4 heteroatoms. The fourth-order valence-corrected chi connectivity index (χ4v) is 0. The quantitative estimate of drug-likeness (QED) is 0.286. The van der Waals surface area contributed by atoms with Gasteiger partial charge in [-0.2, -0.15) is 0 Å². The van der Waals surface area contributed by atoms with Gasteiger partial charge in [0.25, 0.3) is 0 Å². The van der Waals surface area contributed by atoms with Crippen LogP contribution in [-0.2, 0) is 0 Å². The van der Waals surface area contributed by atoms with Crippen LogP contribution in [0.15, 0.2) is 0 Å². The van der Waals surface area contributed by atoms with Crippen molar-refractivity contribution in [3.8, 4) is 0 Å². The van der Waals surface area contributed by atoms with Gasteiger partial charge >= 0.3 is 51.4 Å². The first kappa shape index (κ1) is 9.56. The summed E-state index contributed by atoms with van der Waals surface area (Å²) < 4.78 is 17.0. The molecule has 0 N–H and O–H groups in total. The van der Waals surface area contributed by atoms with Gasteiger partial charge in [-0.05, 0) is 0 Å².